The molecule has 2 atom stereocenters. The summed E-state index contributed by atoms with van der Waals surface area (Å²) in [5.41, 5.74) is 21.5. The Labute approximate surface area is 328 Å². The van der Waals surface area contributed by atoms with Crippen LogP contribution in [-0.4, -0.2) is 0 Å². The summed E-state index contributed by atoms with van der Waals surface area (Å²) in [6.45, 7) is 44.4. The fourth-order valence-electron chi connectivity index (χ4n) is 10.5. The van der Waals surface area contributed by atoms with Gasteiger partial charge < -0.3 is 0 Å². The first-order chi connectivity index (χ1) is 24.9. The Hall–Kier alpha value is -3.90. The fraction of sp³-hybridized carbons (Fsp3) is 0.444. The lowest BCUT2D eigenvalue weighted by Crippen LogP contribution is -2.34. The van der Waals surface area contributed by atoms with Crippen LogP contribution in [0.2, 0.25) is 0 Å². The van der Waals surface area contributed by atoms with E-state index in [0.717, 1.165) is 12.8 Å². The van der Waals surface area contributed by atoms with E-state index in [0.29, 0.717) is 5.92 Å². The van der Waals surface area contributed by atoms with Gasteiger partial charge in [-0.1, -0.05) is 175 Å². The van der Waals surface area contributed by atoms with Crippen LogP contribution in [0.3, 0.4) is 0 Å². The van der Waals surface area contributed by atoms with Crippen molar-refractivity contribution in [3.63, 3.8) is 0 Å². The second kappa shape index (κ2) is 12.3. The molecule has 0 N–H and O–H groups in total. The lowest BCUT2D eigenvalue weighted by atomic mass is 9.66. The van der Waals surface area contributed by atoms with Crippen molar-refractivity contribution in [2.75, 3.05) is 0 Å². The molecule has 0 bridgehead atoms. The van der Waals surface area contributed by atoms with E-state index in [1.807, 2.05) is 0 Å². The van der Waals surface area contributed by atoms with Gasteiger partial charge in [0.2, 0.25) is 0 Å². The van der Waals surface area contributed by atoms with Gasteiger partial charge >= 0.3 is 0 Å². The largest absolute Gasteiger partial charge is 0.0987 e. The molecular formula is C54H66. The highest BCUT2D eigenvalue weighted by Crippen LogP contribution is 2.59. The molecule has 0 amide bonds. The van der Waals surface area contributed by atoms with E-state index < -0.39 is 0 Å². The zero-order valence-corrected chi connectivity index (χ0v) is 36.3. The highest BCUT2D eigenvalue weighted by atomic mass is 14.5. The van der Waals surface area contributed by atoms with Crippen LogP contribution in [-0.2, 0) is 16.2 Å². The molecule has 0 aromatic heterocycles. The summed E-state index contributed by atoms with van der Waals surface area (Å²) in [5.74, 6) is 0.671. The molecule has 0 nitrogen and oxygen atoms in total. The summed E-state index contributed by atoms with van der Waals surface area (Å²) in [4.78, 5) is 0. The minimum Gasteiger partial charge on any atom is -0.0987 e. The van der Waals surface area contributed by atoms with Crippen LogP contribution in [0.15, 0.2) is 96.1 Å². The molecule has 0 heterocycles. The van der Waals surface area contributed by atoms with Gasteiger partial charge in [0.05, 0.1) is 0 Å². The Bertz CT molecular complexity index is 2360. The average Bonchev–Trinajstić information content (AvgIpc) is 3.44. The van der Waals surface area contributed by atoms with Crippen molar-refractivity contribution in [2.24, 2.45) is 16.7 Å². The van der Waals surface area contributed by atoms with Crippen LogP contribution >= 0.6 is 0 Å². The first kappa shape index (κ1) is 38.4. The van der Waals surface area contributed by atoms with Crippen molar-refractivity contribution in [1.29, 1.82) is 0 Å². The Morgan fingerprint density at radius 2 is 1.37 bits per heavy atom. The monoisotopic (exact) mass is 715 g/mol. The maximum Gasteiger partial charge on any atom is 0.0159 e. The molecule has 2 unspecified atom stereocenters. The maximum atomic E-state index is 4.36. The molecule has 0 aliphatic heterocycles. The average molecular weight is 715 g/mol. The van der Waals surface area contributed by atoms with Gasteiger partial charge in [0.1, 0.15) is 0 Å². The molecule has 0 fully saturated rings. The maximum absolute atomic E-state index is 4.36. The third-order valence-electron chi connectivity index (χ3n) is 13.8. The van der Waals surface area contributed by atoms with Gasteiger partial charge in [-0.2, -0.15) is 0 Å². The van der Waals surface area contributed by atoms with Crippen LogP contribution < -0.4 is 10.4 Å². The van der Waals surface area contributed by atoms with Crippen molar-refractivity contribution in [2.45, 2.75) is 139 Å². The number of benzene rings is 3. The summed E-state index contributed by atoms with van der Waals surface area (Å²) in [6, 6.07) is 17.5. The minimum absolute atomic E-state index is 0.0163. The van der Waals surface area contributed by atoms with Gasteiger partial charge in [0, 0.05) is 11.3 Å². The Morgan fingerprint density at radius 1 is 0.722 bits per heavy atom. The molecular weight excluding hydrogens is 649 g/mol. The van der Waals surface area contributed by atoms with E-state index in [1.54, 1.807) is 0 Å². The lowest BCUT2D eigenvalue weighted by molar-refractivity contribution is 0.312. The molecule has 0 radical (unpaired) electrons. The van der Waals surface area contributed by atoms with Crippen molar-refractivity contribution >= 4 is 17.2 Å². The Morgan fingerprint density at radius 3 is 1.96 bits per heavy atom. The van der Waals surface area contributed by atoms with Gasteiger partial charge in [-0.15, -0.1) is 0 Å². The van der Waals surface area contributed by atoms with Gasteiger partial charge in [0.15, 0.2) is 0 Å². The zero-order chi connectivity index (χ0) is 39.7. The standard InChI is InChI=1S/C54H66/c1-18-39-43(19-2)53(14,15)45-29-37(51(8,9)10)26-41(48(39)45)33-22-31(3)47-32(4)23-34(25-35(47)24-33)42-27-38(52(11,12)13)30-46-49(42)40-21-20-36(50(5,6)7)28-44(40)54(46,16)17/h18-22,24-28,30,34,45H,1-2,23,29H2,3-17H3. The van der Waals surface area contributed by atoms with Gasteiger partial charge in [-0.05, 0) is 143 Å². The molecule has 4 aliphatic rings. The molecule has 0 spiro atoms. The molecule has 0 saturated carbocycles. The van der Waals surface area contributed by atoms with Crippen LogP contribution in [0, 0.1) is 23.7 Å². The first-order valence-electron chi connectivity index (χ1n) is 20.5. The molecule has 4 aliphatic carbocycles. The van der Waals surface area contributed by atoms with Crippen molar-refractivity contribution < 1.29 is 0 Å². The summed E-state index contributed by atoms with van der Waals surface area (Å²) in [5, 5.41) is 2.81. The van der Waals surface area contributed by atoms with Crippen molar-refractivity contribution in [3.05, 3.63) is 146 Å². The molecule has 3 aromatic carbocycles. The molecule has 0 saturated heterocycles. The molecule has 54 heavy (non-hydrogen) atoms. The predicted molar refractivity (Wildman–Crippen MR) is 237 cm³/mol. The first-order valence-corrected chi connectivity index (χ1v) is 20.5. The van der Waals surface area contributed by atoms with Gasteiger partial charge in [0.25, 0.3) is 0 Å². The fourth-order valence-corrected chi connectivity index (χ4v) is 10.5. The van der Waals surface area contributed by atoms with E-state index in [4.69, 9.17) is 0 Å². The second-order valence-electron chi connectivity index (χ2n) is 21.3. The summed E-state index contributed by atoms with van der Waals surface area (Å²) in [6.07, 6.45) is 11.5. The summed E-state index contributed by atoms with van der Waals surface area (Å²) < 4.78 is 0. The van der Waals surface area contributed by atoms with E-state index in [1.165, 1.54) is 93.9 Å². The normalized spacial score (nSPS) is 21.6. The van der Waals surface area contributed by atoms with E-state index in [9.17, 15) is 0 Å². The number of hydrogen-bond donors (Lipinski definition) is 0. The topological polar surface area (TPSA) is 0 Å². The highest BCUT2D eigenvalue weighted by Gasteiger charge is 2.47. The number of hydrogen-bond acceptors (Lipinski definition) is 0. The third-order valence-corrected chi connectivity index (χ3v) is 13.8. The van der Waals surface area contributed by atoms with E-state index in [-0.39, 0.29) is 33.0 Å². The van der Waals surface area contributed by atoms with Crippen LogP contribution in [0.5, 0.6) is 0 Å². The summed E-state index contributed by atoms with van der Waals surface area (Å²) in [7, 11) is 0. The number of fused-ring (bicyclic) bond motifs is 5. The second-order valence-corrected chi connectivity index (χ2v) is 21.3. The number of aryl methyl sites for hydroxylation is 1. The van der Waals surface area contributed by atoms with Crippen molar-refractivity contribution in [1.82, 2.24) is 0 Å². The van der Waals surface area contributed by atoms with Gasteiger partial charge in [-0.25, -0.2) is 0 Å². The zero-order valence-electron chi connectivity index (χ0n) is 36.3. The van der Waals surface area contributed by atoms with Crippen LogP contribution in [0.1, 0.15) is 155 Å². The summed E-state index contributed by atoms with van der Waals surface area (Å²) >= 11 is 0. The smallest absolute Gasteiger partial charge is 0.0159 e. The molecule has 7 rings (SSSR count). The van der Waals surface area contributed by atoms with E-state index in [2.05, 4.69) is 184 Å². The number of allylic oxidation sites excluding steroid dienone is 8. The minimum atomic E-state index is -0.0742. The van der Waals surface area contributed by atoms with Crippen LogP contribution in [0.4, 0.5) is 0 Å². The number of rotatable bonds is 4. The highest BCUT2D eigenvalue weighted by molar-refractivity contribution is 5.87. The Balaban J connectivity index is 1.49. The molecule has 0 heteroatoms. The third kappa shape index (κ3) is 5.85. The van der Waals surface area contributed by atoms with E-state index >= 15 is 0 Å². The molecule has 3 aromatic rings. The Kier molecular flexibility index (Phi) is 8.74. The predicted octanol–water partition coefficient (Wildman–Crippen LogP) is 13.5. The van der Waals surface area contributed by atoms with Crippen LogP contribution in [0.25, 0.3) is 28.3 Å². The van der Waals surface area contributed by atoms with Gasteiger partial charge in [-0.3, -0.25) is 0 Å². The lowest BCUT2D eigenvalue weighted by Gasteiger charge is -2.38. The molecule has 282 valence electrons. The quantitative estimate of drug-likeness (QED) is 0.252. The van der Waals surface area contributed by atoms with Crippen molar-refractivity contribution in [3.8, 4) is 11.1 Å². The SMILES string of the molecule is C=CC1=C(C=C)C(C)(C)C2CC(C(C)(C)C)=CC(c3cc(C)c4c(c3)=CC(c3cc(C(C)(C)C)cc5c3-c3ccc(C(C)(C)C)cc3C5(C)C)CC=4C)=C12.